The van der Waals surface area contributed by atoms with Gasteiger partial charge in [0.25, 0.3) is 0 Å². The molecule has 0 aliphatic carbocycles. The maximum absolute atomic E-state index is 9.45. The van der Waals surface area contributed by atoms with Crippen molar-refractivity contribution in [2.24, 2.45) is 0 Å². The molecule has 0 bridgehead atoms. The van der Waals surface area contributed by atoms with Crippen LogP contribution in [0.2, 0.25) is 0 Å². The molecule has 98 valence electrons. The first-order chi connectivity index (χ1) is 9.38. The predicted molar refractivity (Wildman–Crippen MR) is 79.2 cm³/mol. The first kappa shape index (κ1) is 12.2. The Hall–Kier alpha value is -1.80. The van der Waals surface area contributed by atoms with Gasteiger partial charge in [0.1, 0.15) is 0 Å². The van der Waals surface area contributed by atoms with E-state index in [0.717, 1.165) is 24.1 Å². The quantitative estimate of drug-likeness (QED) is 0.857. The van der Waals surface area contributed by atoms with Crippen molar-refractivity contribution in [2.45, 2.75) is 25.9 Å². The second kappa shape index (κ2) is 5.45. The zero-order valence-corrected chi connectivity index (χ0v) is 11.0. The molecule has 0 fully saturated rings. The van der Waals surface area contributed by atoms with Crippen molar-refractivity contribution < 1.29 is 5.11 Å². The van der Waals surface area contributed by atoms with Gasteiger partial charge in [-0.3, -0.25) is 0 Å². The summed E-state index contributed by atoms with van der Waals surface area (Å²) in [6.45, 7) is 1.14. The number of hydrogen-bond donors (Lipinski definition) is 2. The summed E-state index contributed by atoms with van der Waals surface area (Å²) >= 11 is 0. The van der Waals surface area contributed by atoms with E-state index in [1.807, 2.05) is 18.2 Å². The average Bonchev–Trinajstić information content (AvgIpc) is 2.71. The molecule has 0 saturated carbocycles. The molecule has 1 heterocycles. The van der Waals surface area contributed by atoms with Crippen LogP contribution in [0.5, 0.6) is 0 Å². The topological polar surface area (TPSA) is 32.3 Å². The fraction of sp³-hybridized carbons (Fsp3) is 0.294. The Balaban J connectivity index is 2.04. The highest BCUT2D eigenvalue weighted by molar-refractivity contribution is 5.72. The zero-order valence-electron chi connectivity index (χ0n) is 11.0. The number of anilines is 1. The number of nitrogens with one attached hydrogen (secondary N) is 1. The normalized spacial score (nSPS) is 14.4. The Morgan fingerprint density at radius 1 is 1.05 bits per heavy atom. The largest absolute Gasteiger partial charge is 0.392 e. The van der Waals surface area contributed by atoms with Crippen LogP contribution in [-0.4, -0.2) is 11.7 Å². The van der Waals surface area contributed by atoms with Crippen molar-refractivity contribution in [2.75, 3.05) is 11.9 Å². The van der Waals surface area contributed by atoms with E-state index in [0.29, 0.717) is 0 Å². The van der Waals surface area contributed by atoms with Gasteiger partial charge in [-0.1, -0.05) is 36.4 Å². The second-order valence-corrected chi connectivity index (χ2v) is 5.07. The molecule has 2 nitrogen and oxygen atoms in total. The van der Waals surface area contributed by atoms with Gasteiger partial charge in [-0.25, -0.2) is 0 Å². The molecule has 0 atom stereocenters. The molecule has 19 heavy (non-hydrogen) atoms. The van der Waals surface area contributed by atoms with E-state index in [1.165, 1.54) is 29.7 Å². The second-order valence-electron chi connectivity index (χ2n) is 5.07. The molecule has 2 aromatic carbocycles. The van der Waals surface area contributed by atoms with Gasteiger partial charge >= 0.3 is 0 Å². The van der Waals surface area contributed by atoms with E-state index in [9.17, 15) is 5.11 Å². The summed E-state index contributed by atoms with van der Waals surface area (Å²) in [4.78, 5) is 0. The van der Waals surface area contributed by atoms with Crippen molar-refractivity contribution in [3.8, 4) is 11.1 Å². The maximum atomic E-state index is 9.45. The summed E-state index contributed by atoms with van der Waals surface area (Å²) in [6, 6.07) is 14.6. The first-order valence-electron chi connectivity index (χ1n) is 6.94. The minimum absolute atomic E-state index is 0.0840. The minimum atomic E-state index is 0.0840. The molecule has 2 heteroatoms. The molecule has 0 amide bonds. The monoisotopic (exact) mass is 253 g/mol. The lowest BCUT2D eigenvalue weighted by molar-refractivity contribution is 0.282. The lowest BCUT2D eigenvalue weighted by Crippen LogP contribution is -2.00. The van der Waals surface area contributed by atoms with Crippen LogP contribution in [0.25, 0.3) is 11.1 Å². The molecule has 0 radical (unpaired) electrons. The van der Waals surface area contributed by atoms with Gasteiger partial charge in [0.05, 0.1) is 6.61 Å². The molecular formula is C17H19NO. The minimum Gasteiger partial charge on any atom is -0.392 e. The van der Waals surface area contributed by atoms with E-state index in [4.69, 9.17) is 0 Å². The Labute approximate surface area is 114 Å². The number of fused-ring (bicyclic) bond motifs is 1. The lowest BCUT2D eigenvalue weighted by Gasteiger charge is -2.12. The molecule has 1 aliphatic rings. The smallest absolute Gasteiger partial charge is 0.0687 e. The van der Waals surface area contributed by atoms with Crippen molar-refractivity contribution >= 4 is 5.69 Å². The van der Waals surface area contributed by atoms with Crippen LogP contribution in [0.4, 0.5) is 5.69 Å². The van der Waals surface area contributed by atoms with Gasteiger partial charge in [-0.15, -0.1) is 0 Å². The van der Waals surface area contributed by atoms with Crippen LogP contribution in [0.1, 0.15) is 24.0 Å². The highest BCUT2D eigenvalue weighted by Crippen LogP contribution is 2.30. The third-order valence-corrected chi connectivity index (χ3v) is 3.80. The van der Waals surface area contributed by atoms with Gasteiger partial charge in [-0.2, -0.15) is 0 Å². The molecule has 3 rings (SSSR count). The van der Waals surface area contributed by atoms with E-state index < -0.39 is 0 Å². The summed E-state index contributed by atoms with van der Waals surface area (Å²) in [5.74, 6) is 0. The fourth-order valence-corrected chi connectivity index (χ4v) is 2.73. The number of hydrogen-bond acceptors (Lipinski definition) is 2. The van der Waals surface area contributed by atoms with Crippen LogP contribution in [0.15, 0.2) is 42.5 Å². The highest BCUT2D eigenvalue weighted by Gasteiger charge is 2.10. The molecule has 0 aromatic heterocycles. The first-order valence-corrected chi connectivity index (χ1v) is 6.94. The molecule has 2 aromatic rings. The SMILES string of the molecule is OCc1ccccc1-c1ccc2c(c1)NCCCC2. The predicted octanol–water partition coefficient (Wildman–Crippen LogP) is 3.59. The van der Waals surface area contributed by atoms with Crippen LogP contribution < -0.4 is 5.32 Å². The van der Waals surface area contributed by atoms with Gasteiger partial charge in [-0.05, 0) is 47.6 Å². The molecule has 1 aliphatic heterocycles. The van der Waals surface area contributed by atoms with Gasteiger partial charge in [0.2, 0.25) is 0 Å². The van der Waals surface area contributed by atoms with Crippen molar-refractivity contribution in [1.82, 2.24) is 0 Å². The standard InChI is InChI=1S/C17H19NO/c19-12-15-6-1-2-7-16(15)14-9-8-13-5-3-4-10-18-17(13)11-14/h1-2,6-9,11,18-19H,3-5,10,12H2. The van der Waals surface area contributed by atoms with Crippen LogP contribution in [-0.2, 0) is 13.0 Å². The number of benzene rings is 2. The number of aryl methyl sites for hydroxylation is 1. The Morgan fingerprint density at radius 3 is 2.84 bits per heavy atom. The van der Waals surface area contributed by atoms with E-state index in [-0.39, 0.29) is 6.61 Å². The fourth-order valence-electron chi connectivity index (χ4n) is 2.73. The van der Waals surface area contributed by atoms with Gasteiger partial charge in [0, 0.05) is 12.2 Å². The molecule has 2 N–H and O–H groups in total. The molecule has 0 spiro atoms. The summed E-state index contributed by atoms with van der Waals surface area (Å²) in [7, 11) is 0. The summed E-state index contributed by atoms with van der Waals surface area (Å²) in [5.41, 5.74) is 5.94. The molecule has 0 unspecified atom stereocenters. The van der Waals surface area contributed by atoms with Crippen molar-refractivity contribution in [1.29, 1.82) is 0 Å². The number of aliphatic hydroxyl groups excluding tert-OH is 1. The van der Waals surface area contributed by atoms with Gasteiger partial charge in [0.15, 0.2) is 0 Å². The molecular weight excluding hydrogens is 234 g/mol. The zero-order chi connectivity index (χ0) is 13.1. The summed E-state index contributed by atoms with van der Waals surface area (Å²) in [6.07, 6.45) is 3.65. The third-order valence-electron chi connectivity index (χ3n) is 3.80. The summed E-state index contributed by atoms with van der Waals surface area (Å²) < 4.78 is 0. The number of rotatable bonds is 2. The summed E-state index contributed by atoms with van der Waals surface area (Å²) in [5, 5.41) is 13.0. The lowest BCUT2D eigenvalue weighted by atomic mass is 9.97. The van der Waals surface area contributed by atoms with E-state index >= 15 is 0 Å². The Kier molecular flexibility index (Phi) is 3.51. The van der Waals surface area contributed by atoms with E-state index in [1.54, 1.807) is 0 Å². The van der Waals surface area contributed by atoms with Crippen LogP contribution in [0.3, 0.4) is 0 Å². The Bertz CT molecular complexity index is 577. The van der Waals surface area contributed by atoms with Crippen molar-refractivity contribution in [3.63, 3.8) is 0 Å². The van der Waals surface area contributed by atoms with E-state index in [2.05, 4.69) is 29.6 Å². The third kappa shape index (κ3) is 2.49. The maximum Gasteiger partial charge on any atom is 0.0687 e. The Morgan fingerprint density at radius 2 is 1.95 bits per heavy atom. The number of aliphatic hydroxyl groups is 1. The van der Waals surface area contributed by atoms with Crippen LogP contribution in [0, 0.1) is 0 Å². The molecule has 0 saturated heterocycles. The van der Waals surface area contributed by atoms with Gasteiger partial charge < -0.3 is 10.4 Å². The highest BCUT2D eigenvalue weighted by atomic mass is 16.3. The average molecular weight is 253 g/mol. The van der Waals surface area contributed by atoms with Crippen LogP contribution >= 0.6 is 0 Å². The van der Waals surface area contributed by atoms with Crippen molar-refractivity contribution in [3.05, 3.63) is 53.6 Å².